The van der Waals surface area contributed by atoms with Gasteiger partial charge in [-0.25, -0.2) is 8.78 Å². The van der Waals surface area contributed by atoms with Crippen LogP contribution >= 0.6 is 15.9 Å². The van der Waals surface area contributed by atoms with E-state index in [0.29, 0.717) is 23.1 Å². The average molecular weight is 262 g/mol. The molecule has 14 heavy (non-hydrogen) atoms. The first-order chi connectivity index (χ1) is 6.59. The average Bonchev–Trinajstić information content (AvgIpc) is 2.07. The monoisotopic (exact) mass is 261 g/mol. The maximum Gasteiger partial charge on any atom is 0.139 e. The van der Waals surface area contributed by atoms with E-state index >= 15 is 0 Å². The number of nitrogens with one attached hydrogen (secondary N) is 1. The number of rotatable bonds is 2. The highest BCUT2D eigenvalue weighted by atomic mass is 79.9. The van der Waals surface area contributed by atoms with Crippen LogP contribution in [-0.4, -0.2) is 18.8 Å². The fraction of sp³-hybridized carbons (Fsp3) is 0.400. The van der Waals surface area contributed by atoms with Crippen molar-refractivity contribution >= 4 is 15.9 Å². The molecule has 1 nitrogen and oxygen atoms in total. The molecule has 0 atom stereocenters. The van der Waals surface area contributed by atoms with Gasteiger partial charge in [-0.15, -0.1) is 0 Å². The summed E-state index contributed by atoms with van der Waals surface area (Å²) in [6.45, 7) is 0.644. The second kappa shape index (κ2) is 3.59. The summed E-state index contributed by atoms with van der Waals surface area (Å²) >= 11 is 3.16. The van der Waals surface area contributed by atoms with Gasteiger partial charge in [-0.05, 0) is 17.7 Å². The van der Waals surface area contributed by atoms with Crippen molar-refractivity contribution in [2.75, 3.05) is 13.1 Å². The third-order valence-electron chi connectivity index (χ3n) is 2.41. The molecule has 2 rings (SSSR count). The van der Waals surface area contributed by atoms with E-state index in [-0.39, 0.29) is 12.2 Å². The number of alkyl halides is 1. The topological polar surface area (TPSA) is 12.0 Å². The van der Waals surface area contributed by atoms with E-state index in [1.807, 2.05) is 0 Å². The second-order valence-corrected chi connectivity index (χ2v) is 4.58. The maximum atomic E-state index is 13.6. The van der Waals surface area contributed by atoms with Crippen molar-refractivity contribution in [1.82, 2.24) is 5.32 Å². The molecule has 1 saturated heterocycles. The first-order valence-corrected chi connectivity index (χ1v) is 5.22. The Kier molecular flexibility index (Phi) is 2.58. The zero-order valence-electron chi connectivity index (χ0n) is 7.49. The largest absolute Gasteiger partial charge is 0.310 e. The van der Waals surface area contributed by atoms with Gasteiger partial charge < -0.3 is 5.32 Å². The van der Waals surface area contributed by atoms with Gasteiger partial charge in [-0.3, -0.25) is 0 Å². The molecule has 0 aliphatic carbocycles. The first kappa shape index (κ1) is 10.1. The smallest absolute Gasteiger partial charge is 0.139 e. The Morgan fingerprint density at radius 2 is 2.14 bits per heavy atom. The molecule has 0 unspecified atom stereocenters. The van der Waals surface area contributed by atoms with Crippen molar-refractivity contribution in [2.45, 2.75) is 12.1 Å². The highest BCUT2D eigenvalue weighted by molar-refractivity contribution is 9.10. The van der Waals surface area contributed by atoms with Gasteiger partial charge in [0.15, 0.2) is 0 Å². The summed E-state index contributed by atoms with van der Waals surface area (Å²) in [6.07, 6.45) is 0.152. The molecule has 0 radical (unpaired) electrons. The van der Waals surface area contributed by atoms with Crippen LogP contribution in [0.5, 0.6) is 0 Å². The van der Waals surface area contributed by atoms with E-state index in [2.05, 4.69) is 21.2 Å². The van der Waals surface area contributed by atoms with Gasteiger partial charge in [0, 0.05) is 24.0 Å². The summed E-state index contributed by atoms with van der Waals surface area (Å²) in [5.41, 5.74) is -0.813. The van der Waals surface area contributed by atoms with Crippen LogP contribution in [0.25, 0.3) is 0 Å². The Morgan fingerprint density at radius 3 is 2.64 bits per heavy atom. The summed E-state index contributed by atoms with van der Waals surface area (Å²) in [6, 6.07) is 4.72. The fourth-order valence-corrected chi connectivity index (χ4v) is 1.86. The van der Waals surface area contributed by atoms with E-state index in [1.54, 1.807) is 12.1 Å². The zero-order chi connectivity index (χ0) is 10.2. The van der Waals surface area contributed by atoms with Gasteiger partial charge in [0.25, 0.3) is 0 Å². The van der Waals surface area contributed by atoms with E-state index in [9.17, 15) is 8.78 Å². The van der Waals surface area contributed by atoms with Gasteiger partial charge >= 0.3 is 0 Å². The molecule has 1 aromatic rings. The third kappa shape index (κ3) is 1.96. The predicted molar refractivity (Wildman–Crippen MR) is 54.5 cm³/mol. The lowest BCUT2D eigenvalue weighted by Gasteiger charge is -2.35. The highest BCUT2D eigenvalue weighted by Gasteiger charge is 2.37. The Morgan fingerprint density at radius 1 is 1.43 bits per heavy atom. The SMILES string of the molecule is Fc1cc(Br)ccc1CC1(F)CNC1. The maximum absolute atomic E-state index is 13.6. The van der Waals surface area contributed by atoms with Crippen LogP contribution in [0.3, 0.4) is 0 Å². The van der Waals surface area contributed by atoms with Crippen molar-refractivity contribution in [3.05, 3.63) is 34.1 Å². The van der Waals surface area contributed by atoms with Crippen molar-refractivity contribution in [3.8, 4) is 0 Å². The normalized spacial score (nSPS) is 19.1. The Labute approximate surface area is 89.6 Å². The van der Waals surface area contributed by atoms with Crippen LogP contribution in [0.2, 0.25) is 0 Å². The molecule has 1 fully saturated rings. The van der Waals surface area contributed by atoms with E-state index in [1.165, 1.54) is 6.07 Å². The van der Waals surface area contributed by atoms with Crippen molar-refractivity contribution in [2.24, 2.45) is 0 Å². The van der Waals surface area contributed by atoms with Gasteiger partial charge in [0.1, 0.15) is 11.5 Å². The fourth-order valence-electron chi connectivity index (χ4n) is 1.53. The van der Waals surface area contributed by atoms with Gasteiger partial charge in [-0.1, -0.05) is 22.0 Å². The zero-order valence-corrected chi connectivity index (χ0v) is 9.07. The van der Waals surface area contributed by atoms with Crippen LogP contribution < -0.4 is 5.32 Å². The molecule has 4 heteroatoms. The number of hydrogen-bond donors (Lipinski definition) is 1. The molecule has 0 amide bonds. The summed E-state index contributed by atoms with van der Waals surface area (Å²) in [5, 5.41) is 2.85. The number of benzene rings is 1. The molecule has 76 valence electrons. The summed E-state index contributed by atoms with van der Waals surface area (Å²) in [7, 11) is 0. The minimum atomic E-state index is -1.26. The lowest BCUT2D eigenvalue weighted by molar-refractivity contribution is 0.0901. The molecule has 0 spiro atoms. The lowest BCUT2D eigenvalue weighted by Crippen LogP contribution is -2.57. The van der Waals surface area contributed by atoms with E-state index in [0.717, 1.165) is 0 Å². The molecule has 0 saturated carbocycles. The van der Waals surface area contributed by atoms with Gasteiger partial charge in [-0.2, -0.15) is 0 Å². The Hall–Kier alpha value is -0.480. The molecular formula is C10H10BrF2N. The van der Waals surface area contributed by atoms with Crippen LogP contribution in [0.4, 0.5) is 8.78 Å². The summed E-state index contributed by atoms with van der Waals surface area (Å²) < 4.78 is 27.6. The second-order valence-electron chi connectivity index (χ2n) is 3.67. The third-order valence-corrected chi connectivity index (χ3v) is 2.90. The van der Waals surface area contributed by atoms with Gasteiger partial charge in [0.2, 0.25) is 0 Å². The van der Waals surface area contributed by atoms with Crippen molar-refractivity contribution < 1.29 is 8.78 Å². The number of hydrogen-bond acceptors (Lipinski definition) is 1. The van der Waals surface area contributed by atoms with Crippen molar-refractivity contribution in [3.63, 3.8) is 0 Å². The molecule has 1 aliphatic rings. The quantitative estimate of drug-likeness (QED) is 0.863. The molecule has 1 aromatic carbocycles. The lowest BCUT2D eigenvalue weighted by atomic mass is 9.91. The number of halogens is 3. The summed E-state index contributed by atoms with van der Waals surface area (Å²) in [4.78, 5) is 0. The van der Waals surface area contributed by atoms with E-state index < -0.39 is 5.67 Å². The molecule has 0 aromatic heterocycles. The molecule has 1 N–H and O–H groups in total. The van der Waals surface area contributed by atoms with Gasteiger partial charge in [0.05, 0.1) is 0 Å². The Balaban J connectivity index is 2.16. The first-order valence-electron chi connectivity index (χ1n) is 4.43. The van der Waals surface area contributed by atoms with Crippen LogP contribution in [0, 0.1) is 5.82 Å². The molecule has 1 heterocycles. The van der Waals surface area contributed by atoms with Crippen molar-refractivity contribution in [1.29, 1.82) is 0 Å². The minimum absolute atomic E-state index is 0.152. The predicted octanol–water partition coefficient (Wildman–Crippen LogP) is 2.44. The van der Waals surface area contributed by atoms with Crippen LogP contribution in [0.15, 0.2) is 22.7 Å². The van der Waals surface area contributed by atoms with E-state index in [4.69, 9.17) is 0 Å². The molecule has 1 aliphatic heterocycles. The highest BCUT2D eigenvalue weighted by Crippen LogP contribution is 2.25. The molecular weight excluding hydrogens is 252 g/mol. The van der Waals surface area contributed by atoms with Crippen LogP contribution in [-0.2, 0) is 6.42 Å². The minimum Gasteiger partial charge on any atom is -0.310 e. The molecule has 0 bridgehead atoms. The Bertz CT molecular complexity index is 350. The summed E-state index contributed by atoms with van der Waals surface area (Å²) in [5.74, 6) is -0.344. The standard InChI is InChI=1S/C10H10BrF2N/c11-8-2-1-7(9(12)3-8)4-10(13)5-14-6-10/h1-3,14H,4-6H2. The van der Waals surface area contributed by atoms with Crippen LogP contribution in [0.1, 0.15) is 5.56 Å².